The van der Waals surface area contributed by atoms with Crippen LogP contribution in [0.4, 0.5) is 0 Å². The van der Waals surface area contributed by atoms with Gasteiger partial charge in [-0.2, -0.15) is 5.10 Å². The summed E-state index contributed by atoms with van der Waals surface area (Å²) in [6.45, 7) is 0.0910. The van der Waals surface area contributed by atoms with E-state index >= 15 is 0 Å². The van der Waals surface area contributed by atoms with E-state index in [4.69, 9.17) is 9.47 Å². The summed E-state index contributed by atoms with van der Waals surface area (Å²) >= 11 is 0. The molecule has 0 radical (unpaired) electrons. The van der Waals surface area contributed by atoms with Gasteiger partial charge in [-0.25, -0.2) is 9.48 Å². The molecule has 0 saturated heterocycles. The second-order valence-corrected chi connectivity index (χ2v) is 6.30. The lowest BCUT2D eigenvalue weighted by molar-refractivity contribution is 0.0468. The standard InChI is InChI=1S/C23H19N3O3/c1-28-20-12-7-8-17(14-20)22-21(15-26(25-22)19-10-3-2-4-11-19)23(27)29-16-18-9-5-6-13-24-18/h2-15H,16H2,1H3. The van der Waals surface area contributed by atoms with Crippen LogP contribution in [0.1, 0.15) is 16.1 Å². The number of nitrogens with zero attached hydrogens (tertiary/aromatic N) is 3. The van der Waals surface area contributed by atoms with Gasteiger partial charge in [-0.1, -0.05) is 36.4 Å². The smallest absolute Gasteiger partial charge is 0.342 e. The molecule has 4 rings (SSSR count). The average Bonchev–Trinajstić information content (AvgIpc) is 3.24. The van der Waals surface area contributed by atoms with E-state index in [9.17, 15) is 4.79 Å². The third-order valence-electron chi connectivity index (χ3n) is 4.38. The van der Waals surface area contributed by atoms with Gasteiger partial charge >= 0.3 is 5.97 Å². The Kier molecular flexibility index (Phi) is 5.33. The Bertz CT molecular complexity index is 1110. The lowest BCUT2D eigenvalue weighted by Gasteiger charge is -2.06. The number of carbonyl (C=O) groups is 1. The molecule has 29 heavy (non-hydrogen) atoms. The zero-order valence-electron chi connectivity index (χ0n) is 15.9. The summed E-state index contributed by atoms with van der Waals surface area (Å²) < 4.78 is 12.5. The van der Waals surface area contributed by atoms with Gasteiger partial charge in [-0.3, -0.25) is 4.98 Å². The summed E-state index contributed by atoms with van der Waals surface area (Å²) in [7, 11) is 1.60. The van der Waals surface area contributed by atoms with Crippen LogP contribution in [0, 0.1) is 0 Å². The highest BCUT2D eigenvalue weighted by atomic mass is 16.5. The van der Waals surface area contributed by atoms with Crippen molar-refractivity contribution in [2.24, 2.45) is 0 Å². The molecule has 0 saturated carbocycles. The molecule has 0 spiro atoms. The van der Waals surface area contributed by atoms with Gasteiger partial charge in [0.2, 0.25) is 0 Å². The molecule has 4 aromatic rings. The van der Waals surface area contributed by atoms with Crippen LogP contribution in [0.3, 0.4) is 0 Å². The van der Waals surface area contributed by atoms with E-state index in [1.54, 1.807) is 24.2 Å². The zero-order chi connectivity index (χ0) is 20.1. The molecule has 0 bridgehead atoms. The van der Waals surface area contributed by atoms with Crippen molar-refractivity contribution in [1.29, 1.82) is 0 Å². The lowest BCUT2D eigenvalue weighted by atomic mass is 10.1. The fourth-order valence-corrected chi connectivity index (χ4v) is 2.92. The number of methoxy groups -OCH3 is 1. The number of ether oxygens (including phenoxy) is 2. The van der Waals surface area contributed by atoms with Crippen molar-refractivity contribution in [1.82, 2.24) is 14.8 Å². The Morgan fingerprint density at radius 2 is 1.83 bits per heavy atom. The number of rotatable bonds is 6. The minimum atomic E-state index is -0.462. The first-order valence-corrected chi connectivity index (χ1v) is 9.11. The highest BCUT2D eigenvalue weighted by molar-refractivity contribution is 5.96. The molecule has 0 amide bonds. The van der Waals surface area contributed by atoms with Gasteiger partial charge in [0, 0.05) is 18.0 Å². The maximum absolute atomic E-state index is 12.9. The molecular formula is C23H19N3O3. The molecule has 2 heterocycles. The van der Waals surface area contributed by atoms with E-state index in [1.165, 1.54) is 0 Å². The lowest BCUT2D eigenvalue weighted by Crippen LogP contribution is -2.06. The van der Waals surface area contributed by atoms with Crippen molar-refractivity contribution in [2.45, 2.75) is 6.61 Å². The van der Waals surface area contributed by atoms with Crippen LogP contribution < -0.4 is 4.74 Å². The minimum absolute atomic E-state index is 0.0910. The monoisotopic (exact) mass is 385 g/mol. The van der Waals surface area contributed by atoms with Crippen molar-refractivity contribution in [3.8, 4) is 22.7 Å². The van der Waals surface area contributed by atoms with Crippen LogP contribution in [0.2, 0.25) is 0 Å². The number of esters is 1. The van der Waals surface area contributed by atoms with Crippen LogP contribution in [0.5, 0.6) is 5.75 Å². The second kappa shape index (κ2) is 8.39. The summed E-state index contributed by atoms with van der Waals surface area (Å²) in [4.78, 5) is 17.1. The van der Waals surface area contributed by atoms with E-state index in [0.717, 1.165) is 11.3 Å². The number of carbonyl (C=O) groups excluding carboxylic acids is 1. The molecule has 0 unspecified atom stereocenters. The Labute approximate surface area is 168 Å². The second-order valence-electron chi connectivity index (χ2n) is 6.30. The van der Waals surface area contributed by atoms with Gasteiger partial charge < -0.3 is 9.47 Å². The van der Waals surface area contributed by atoms with Crippen LogP contribution in [0.15, 0.2) is 85.2 Å². The van der Waals surface area contributed by atoms with Gasteiger partial charge in [-0.05, 0) is 36.4 Å². The van der Waals surface area contributed by atoms with Gasteiger partial charge in [0.1, 0.15) is 23.6 Å². The van der Waals surface area contributed by atoms with Gasteiger partial charge in [0.25, 0.3) is 0 Å². The number of hydrogen-bond donors (Lipinski definition) is 0. The number of para-hydroxylation sites is 1. The predicted octanol–water partition coefficient (Wildman–Crippen LogP) is 4.30. The van der Waals surface area contributed by atoms with Crippen LogP contribution in [-0.2, 0) is 11.3 Å². The Morgan fingerprint density at radius 1 is 1.00 bits per heavy atom. The zero-order valence-corrected chi connectivity index (χ0v) is 15.9. The summed E-state index contributed by atoms with van der Waals surface area (Å²) in [6.07, 6.45) is 3.35. The molecular weight excluding hydrogens is 366 g/mol. The largest absolute Gasteiger partial charge is 0.497 e. The molecule has 0 aliphatic rings. The van der Waals surface area contributed by atoms with Crippen LogP contribution in [-0.4, -0.2) is 27.8 Å². The highest BCUT2D eigenvalue weighted by Gasteiger charge is 2.20. The molecule has 0 fully saturated rings. The first-order chi connectivity index (χ1) is 14.2. The molecule has 0 atom stereocenters. The summed E-state index contributed by atoms with van der Waals surface area (Å²) in [5, 5.41) is 4.65. The SMILES string of the molecule is COc1cccc(-c2nn(-c3ccccc3)cc2C(=O)OCc2ccccn2)c1. The summed E-state index contributed by atoms with van der Waals surface area (Å²) in [6, 6.07) is 22.5. The predicted molar refractivity (Wildman–Crippen MR) is 109 cm³/mol. The fourth-order valence-electron chi connectivity index (χ4n) is 2.92. The Hall–Kier alpha value is -3.93. The van der Waals surface area contributed by atoms with E-state index < -0.39 is 5.97 Å². The fraction of sp³-hybridized carbons (Fsp3) is 0.0870. The van der Waals surface area contributed by atoms with E-state index in [-0.39, 0.29) is 6.61 Å². The molecule has 6 nitrogen and oxygen atoms in total. The molecule has 0 aliphatic carbocycles. The van der Waals surface area contributed by atoms with Crippen molar-refractivity contribution in [2.75, 3.05) is 7.11 Å². The van der Waals surface area contributed by atoms with Gasteiger partial charge in [0.15, 0.2) is 0 Å². The highest BCUT2D eigenvalue weighted by Crippen LogP contribution is 2.27. The summed E-state index contributed by atoms with van der Waals surface area (Å²) in [5.41, 5.74) is 3.19. The normalized spacial score (nSPS) is 10.5. The van der Waals surface area contributed by atoms with Crippen molar-refractivity contribution in [3.63, 3.8) is 0 Å². The molecule has 2 aromatic heterocycles. The molecule has 6 heteroatoms. The maximum Gasteiger partial charge on any atom is 0.342 e. The molecule has 2 aromatic carbocycles. The molecule has 0 N–H and O–H groups in total. The van der Waals surface area contributed by atoms with E-state index in [2.05, 4.69) is 10.1 Å². The topological polar surface area (TPSA) is 66.2 Å². The molecule has 0 aliphatic heterocycles. The summed E-state index contributed by atoms with van der Waals surface area (Å²) in [5.74, 6) is 0.222. The van der Waals surface area contributed by atoms with Crippen LogP contribution >= 0.6 is 0 Å². The first-order valence-electron chi connectivity index (χ1n) is 9.11. The average molecular weight is 385 g/mol. The number of hydrogen-bond acceptors (Lipinski definition) is 5. The van der Waals surface area contributed by atoms with Gasteiger partial charge in [0.05, 0.1) is 18.5 Å². The number of aromatic nitrogens is 3. The van der Waals surface area contributed by atoms with Crippen molar-refractivity contribution >= 4 is 5.97 Å². The number of pyridine rings is 1. The van der Waals surface area contributed by atoms with E-state index in [1.807, 2.05) is 72.8 Å². The van der Waals surface area contributed by atoms with E-state index in [0.29, 0.717) is 22.7 Å². The van der Waals surface area contributed by atoms with Crippen LogP contribution in [0.25, 0.3) is 16.9 Å². The van der Waals surface area contributed by atoms with Crippen molar-refractivity contribution < 1.29 is 14.3 Å². The molecule has 144 valence electrons. The Balaban J connectivity index is 1.70. The quantitative estimate of drug-likeness (QED) is 0.463. The first kappa shape index (κ1) is 18.4. The maximum atomic E-state index is 12.9. The van der Waals surface area contributed by atoms with Gasteiger partial charge in [-0.15, -0.1) is 0 Å². The minimum Gasteiger partial charge on any atom is -0.497 e. The number of benzene rings is 2. The third kappa shape index (κ3) is 4.16. The third-order valence-corrected chi connectivity index (χ3v) is 4.38. The Morgan fingerprint density at radius 3 is 2.59 bits per heavy atom. The van der Waals surface area contributed by atoms with Crippen molar-refractivity contribution in [3.05, 3.63) is 96.4 Å².